The third kappa shape index (κ3) is 3.43. The van der Waals surface area contributed by atoms with Gasteiger partial charge in [0.15, 0.2) is 11.5 Å². The van der Waals surface area contributed by atoms with E-state index in [1.807, 2.05) is 48.5 Å². The first-order valence-corrected chi connectivity index (χ1v) is 9.59. The number of allylic oxidation sites excluding steroid dienone is 2. The lowest BCUT2D eigenvalue weighted by molar-refractivity contribution is -0.138. The van der Waals surface area contributed by atoms with Crippen LogP contribution in [-0.2, 0) is 20.7 Å². The topological polar surface area (TPSA) is 46.6 Å². The second-order valence-electron chi connectivity index (χ2n) is 7.32. The van der Waals surface area contributed by atoms with E-state index >= 15 is 0 Å². The minimum absolute atomic E-state index is 0.0245. The summed E-state index contributed by atoms with van der Waals surface area (Å²) < 4.78 is 6.25. The fraction of sp³-hybridized carbons (Fsp3) is 0.250. The number of rotatable bonds is 4. The predicted octanol–water partition coefficient (Wildman–Crippen LogP) is 4.08. The van der Waals surface area contributed by atoms with Crippen molar-refractivity contribution in [1.29, 1.82) is 0 Å². The average Bonchev–Trinajstić information content (AvgIpc) is 2.72. The van der Waals surface area contributed by atoms with Crippen molar-refractivity contribution in [3.8, 4) is 0 Å². The lowest BCUT2D eigenvalue weighted by Crippen LogP contribution is -2.60. The monoisotopic (exact) mass is 373 g/mol. The van der Waals surface area contributed by atoms with E-state index in [1.165, 1.54) is 11.6 Å². The largest absolute Gasteiger partial charge is 0.347 e. The normalized spacial score (nSPS) is 24.5. The molecule has 4 heteroatoms. The summed E-state index contributed by atoms with van der Waals surface area (Å²) >= 11 is 0. The van der Waals surface area contributed by atoms with E-state index < -0.39 is 5.72 Å². The Morgan fingerprint density at radius 1 is 1.04 bits per heavy atom. The molecule has 2 aliphatic rings. The summed E-state index contributed by atoms with van der Waals surface area (Å²) in [5.41, 5.74) is 1.51. The highest BCUT2D eigenvalue weighted by molar-refractivity contribution is 6.06. The van der Waals surface area contributed by atoms with Gasteiger partial charge < -0.3 is 4.74 Å². The van der Waals surface area contributed by atoms with Gasteiger partial charge in [-0.3, -0.25) is 14.5 Å². The second kappa shape index (κ2) is 7.56. The van der Waals surface area contributed by atoms with Crippen LogP contribution in [0.3, 0.4) is 0 Å². The molecule has 1 amide bonds. The van der Waals surface area contributed by atoms with Gasteiger partial charge in [0.05, 0.1) is 12.5 Å². The highest BCUT2D eigenvalue weighted by atomic mass is 16.5. The molecule has 2 aromatic rings. The van der Waals surface area contributed by atoms with Crippen LogP contribution < -0.4 is 4.90 Å². The van der Waals surface area contributed by atoms with Crippen LogP contribution in [0.25, 0.3) is 0 Å². The quantitative estimate of drug-likeness (QED) is 0.811. The molecule has 142 valence electrons. The summed E-state index contributed by atoms with van der Waals surface area (Å²) in [6.45, 7) is 2.09. The Kier molecular flexibility index (Phi) is 4.97. The number of hydrogen-bond acceptors (Lipinski definition) is 3. The maximum absolute atomic E-state index is 13.5. The summed E-state index contributed by atoms with van der Waals surface area (Å²) in [6, 6.07) is 19.7. The number of aryl methyl sites for hydroxylation is 1. The van der Waals surface area contributed by atoms with Crippen molar-refractivity contribution in [1.82, 2.24) is 0 Å². The SMILES string of the molecule is CC1=CC2(C=CC1=O)OCC(CCc1ccccc1)C(=O)N2c1ccccc1. The number of nitrogens with zero attached hydrogens (tertiary/aromatic N) is 1. The van der Waals surface area contributed by atoms with Crippen LogP contribution in [0.4, 0.5) is 5.69 Å². The maximum atomic E-state index is 13.5. The van der Waals surface area contributed by atoms with Crippen molar-refractivity contribution in [3.63, 3.8) is 0 Å². The van der Waals surface area contributed by atoms with Crippen LogP contribution in [0.2, 0.25) is 0 Å². The summed E-state index contributed by atoms with van der Waals surface area (Å²) in [7, 11) is 0. The lowest BCUT2D eigenvalue weighted by atomic mass is 9.91. The molecule has 0 saturated carbocycles. The number of para-hydroxylation sites is 1. The summed E-state index contributed by atoms with van der Waals surface area (Å²) in [4.78, 5) is 27.2. The molecule has 1 spiro atoms. The molecule has 1 heterocycles. The van der Waals surface area contributed by atoms with E-state index in [0.717, 1.165) is 12.1 Å². The van der Waals surface area contributed by atoms with E-state index in [-0.39, 0.29) is 17.6 Å². The molecular weight excluding hydrogens is 350 g/mol. The number of amides is 1. The first kappa shape index (κ1) is 18.4. The zero-order chi connectivity index (χ0) is 19.6. The highest BCUT2D eigenvalue weighted by Crippen LogP contribution is 2.37. The van der Waals surface area contributed by atoms with Crippen molar-refractivity contribution in [2.75, 3.05) is 11.5 Å². The second-order valence-corrected chi connectivity index (χ2v) is 7.32. The van der Waals surface area contributed by atoms with Gasteiger partial charge in [-0.15, -0.1) is 0 Å². The fourth-order valence-corrected chi connectivity index (χ4v) is 3.81. The molecule has 2 aromatic carbocycles. The lowest BCUT2D eigenvalue weighted by Gasteiger charge is -2.46. The zero-order valence-corrected chi connectivity index (χ0v) is 15.9. The minimum Gasteiger partial charge on any atom is -0.347 e. The maximum Gasteiger partial charge on any atom is 0.235 e. The smallest absolute Gasteiger partial charge is 0.235 e. The van der Waals surface area contributed by atoms with Gasteiger partial charge in [-0.05, 0) is 61.3 Å². The Labute approximate surface area is 165 Å². The predicted molar refractivity (Wildman–Crippen MR) is 109 cm³/mol. The Morgan fingerprint density at radius 3 is 2.39 bits per heavy atom. The third-order valence-electron chi connectivity index (χ3n) is 5.36. The van der Waals surface area contributed by atoms with Crippen LogP contribution in [0.1, 0.15) is 18.9 Å². The molecule has 1 aliphatic heterocycles. The Balaban J connectivity index is 1.64. The molecule has 1 fully saturated rings. The summed E-state index contributed by atoms with van der Waals surface area (Å²) in [5.74, 6) is -0.261. The van der Waals surface area contributed by atoms with E-state index in [0.29, 0.717) is 18.6 Å². The molecule has 0 bridgehead atoms. The molecule has 2 unspecified atom stereocenters. The van der Waals surface area contributed by atoms with Crippen molar-refractivity contribution in [2.45, 2.75) is 25.5 Å². The number of carbonyl (C=O) groups excluding carboxylic acids is 2. The van der Waals surface area contributed by atoms with Crippen LogP contribution in [0.15, 0.2) is 84.5 Å². The van der Waals surface area contributed by atoms with E-state index in [9.17, 15) is 9.59 Å². The van der Waals surface area contributed by atoms with Gasteiger partial charge in [-0.25, -0.2) is 0 Å². The molecule has 4 rings (SSSR count). The molecule has 1 aliphatic carbocycles. The van der Waals surface area contributed by atoms with Gasteiger partial charge in [-0.1, -0.05) is 48.5 Å². The number of ketones is 1. The van der Waals surface area contributed by atoms with Crippen LogP contribution in [0.5, 0.6) is 0 Å². The molecule has 0 N–H and O–H groups in total. The van der Waals surface area contributed by atoms with Gasteiger partial charge in [0.25, 0.3) is 0 Å². The standard InChI is InChI=1S/C24H23NO3/c1-18-16-24(15-14-22(18)26)25(21-10-6-3-7-11-21)23(27)20(17-28-24)13-12-19-8-4-2-5-9-19/h2-11,14-16,20H,12-13,17H2,1H3. The third-order valence-corrected chi connectivity index (χ3v) is 5.36. The first-order chi connectivity index (χ1) is 13.6. The van der Waals surface area contributed by atoms with Gasteiger partial charge in [0.1, 0.15) is 0 Å². The molecule has 1 saturated heterocycles. The van der Waals surface area contributed by atoms with E-state index in [1.54, 1.807) is 24.0 Å². The molecule has 0 radical (unpaired) electrons. The van der Waals surface area contributed by atoms with E-state index in [2.05, 4.69) is 12.1 Å². The molecule has 4 nitrogen and oxygen atoms in total. The fourth-order valence-electron chi connectivity index (χ4n) is 3.81. The van der Waals surface area contributed by atoms with E-state index in [4.69, 9.17) is 4.74 Å². The minimum atomic E-state index is -1.04. The van der Waals surface area contributed by atoms with Crippen molar-refractivity contribution < 1.29 is 14.3 Å². The summed E-state index contributed by atoms with van der Waals surface area (Å²) in [5, 5.41) is 0. The van der Waals surface area contributed by atoms with Crippen molar-refractivity contribution >= 4 is 17.4 Å². The number of carbonyl (C=O) groups is 2. The zero-order valence-electron chi connectivity index (χ0n) is 15.9. The Hall–Kier alpha value is -2.98. The Bertz CT molecular complexity index is 933. The average molecular weight is 373 g/mol. The molecule has 0 aromatic heterocycles. The van der Waals surface area contributed by atoms with Gasteiger partial charge >= 0.3 is 0 Å². The molecular formula is C24H23NO3. The van der Waals surface area contributed by atoms with Gasteiger partial charge in [0, 0.05) is 5.69 Å². The number of benzene rings is 2. The van der Waals surface area contributed by atoms with Gasteiger partial charge in [-0.2, -0.15) is 0 Å². The van der Waals surface area contributed by atoms with Crippen molar-refractivity contribution in [3.05, 3.63) is 90.0 Å². The number of ether oxygens (including phenoxy) is 1. The number of hydrogen-bond donors (Lipinski definition) is 0. The van der Waals surface area contributed by atoms with Crippen molar-refractivity contribution in [2.24, 2.45) is 5.92 Å². The molecule has 28 heavy (non-hydrogen) atoms. The molecule has 2 atom stereocenters. The highest BCUT2D eigenvalue weighted by Gasteiger charge is 2.46. The van der Waals surface area contributed by atoms with Gasteiger partial charge in [0.2, 0.25) is 5.91 Å². The summed E-state index contributed by atoms with van der Waals surface area (Å²) in [6.07, 6.45) is 6.49. The Morgan fingerprint density at radius 2 is 1.71 bits per heavy atom. The van der Waals surface area contributed by atoms with Crippen LogP contribution >= 0.6 is 0 Å². The number of anilines is 1. The van der Waals surface area contributed by atoms with Crippen LogP contribution in [0, 0.1) is 5.92 Å². The first-order valence-electron chi connectivity index (χ1n) is 9.59. The van der Waals surface area contributed by atoms with Crippen LogP contribution in [-0.4, -0.2) is 24.0 Å².